The molecule has 0 radical (unpaired) electrons. The van der Waals surface area contributed by atoms with Crippen molar-refractivity contribution in [2.75, 3.05) is 32.7 Å². The molecular weight excluding hydrogens is 494 g/mol. The third kappa shape index (κ3) is 6.12. The van der Waals surface area contributed by atoms with E-state index < -0.39 is 23.8 Å². The third-order valence-electron chi connectivity index (χ3n) is 6.88. The van der Waals surface area contributed by atoms with Gasteiger partial charge in [0.1, 0.15) is 6.17 Å². The summed E-state index contributed by atoms with van der Waals surface area (Å²) in [6.07, 6.45) is -3.28. The van der Waals surface area contributed by atoms with E-state index in [0.717, 1.165) is 17.7 Å². The minimum atomic E-state index is -5.02. The number of alkyl halides is 3. The van der Waals surface area contributed by atoms with Crippen molar-refractivity contribution < 1.29 is 31.9 Å². The summed E-state index contributed by atoms with van der Waals surface area (Å²) in [6.45, 7) is 7.87. The Morgan fingerprint density at radius 1 is 1.24 bits per heavy atom. The van der Waals surface area contributed by atoms with Crippen LogP contribution in [0, 0.1) is 11.7 Å². The van der Waals surface area contributed by atoms with E-state index >= 15 is 0 Å². The van der Waals surface area contributed by atoms with E-state index in [1.807, 2.05) is 20.8 Å². The van der Waals surface area contributed by atoms with E-state index in [0.29, 0.717) is 38.3 Å². The predicted octanol–water partition coefficient (Wildman–Crippen LogP) is 2.77. The van der Waals surface area contributed by atoms with Crippen LogP contribution in [0.3, 0.4) is 0 Å². The number of nitrogens with zero attached hydrogens (tertiary/aromatic N) is 3. The molecule has 0 saturated carbocycles. The number of ether oxygens (including phenoxy) is 1. The Bertz CT molecular complexity index is 1100. The lowest BCUT2D eigenvalue weighted by molar-refractivity contribution is -0.275. The van der Waals surface area contributed by atoms with E-state index in [4.69, 9.17) is 0 Å². The fourth-order valence-electron chi connectivity index (χ4n) is 5.04. The lowest BCUT2D eigenvalue weighted by Crippen LogP contribution is -2.54. The highest BCUT2D eigenvalue weighted by Gasteiger charge is 2.40. The maximum Gasteiger partial charge on any atom is 0.573 e. The van der Waals surface area contributed by atoms with Gasteiger partial charge in [0.25, 0.3) is 0 Å². The van der Waals surface area contributed by atoms with Crippen molar-refractivity contribution >= 4 is 18.0 Å². The Labute approximate surface area is 212 Å². The number of allylic oxidation sites excluding steroid dienone is 1. The van der Waals surface area contributed by atoms with Crippen molar-refractivity contribution in [3.05, 3.63) is 40.8 Å². The van der Waals surface area contributed by atoms with Gasteiger partial charge in [-0.1, -0.05) is 26.8 Å². The van der Waals surface area contributed by atoms with Gasteiger partial charge in [-0.25, -0.2) is 4.39 Å². The second-order valence-corrected chi connectivity index (χ2v) is 9.87. The van der Waals surface area contributed by atoms with Crippen LogP contribution in [0.1, 0.15) is 38.7 Å². The molecule has 0 spiro atoms. The highest BCUT2D eigenvalue weighted by molar-refractivity contribution is 6.01. The van der Waals surface area contributed by atoms with Crippen LogP contribution < -0.4 is 15.4 Å². The molecule has 2 N–H and O–H groups in total. The molecule has 202 valence electrons. The van der Waals surface area contributed by atoms with Crippen LogP contribution in [0.4, 0.5) is 17.6 Å². The van der Waals surface area contributed by atoms with Crippen LogP contribution >= 0.6 is 0 Å². The first-order chi connectivity index (χ1) is 17.4. The van der Waals surface area contributed by atoms with Crippen molar-refractivity contribution in [3.8, 4) is 5.75 Å². The molecule has 1 saturated heterocycles. The molecule has 37 heavy (non-hydrogen) atoms. The summed E-state index contributed by atoms with van der Waals surface area (Å²) in [7, 11) is 0. The van der Waals surface area contributed by atoms with Crippen LogP contribution in [0.25, 0.3) is 0 Å². The van der Waals surface area contributed by atoms with Crippen molar-refractivity contribution in [2.24, 2.45) is 10.9 Å². The number of ketones is 1. The molecule has 1 fully saturated rings. The van der Waals surface area contributed by atoms with Gasteiger partial charge in [-0.3, -0.25) is 19.5 Å². The topological polar surface area (TPSA) is 86.3 Å². The highest BCUT2D eigenvalue weighted by Crippen LogP contribution is 2.35. The Morgan fingerprint density at radius 2 is 1.95 bits per heavy atom. The first kappa shape index (κ1) is 27.1. The molecule has 1 aromatic rings. The Morgan fingerprint density at radius 3 is 2.57 bits per heavy atom. The zero-order chi connectivity index (χ0) is 26.9. The summed E-state index contributed by atoms with van der Waals surface area (Å²) in [4.78, 5) is 34.2. The zero-order valence-electron chi connectivity index (χ0n) is 20.9. The molecular formula is C25H31F4N5O3. The largest absolute Gasteiger partial charge is 0.573 e. The van der Waals surface area contributed by atoms with Gasteiger partial charge in [-0.15, -0.1) is 13.2 Å². The fraction of sp³-hybridized carbons (Fsp3) is 0.560. The molecule has 4 rings (SSSR count). The Hall–Kier alpha value is -2.99. The van der Waals surface area contributed by atoms with Crippen LogP contribution in [-0.2, 0) is 9.59 Å². The smallest absolute Gasteiger partial charge is 0.403 e. The molecule has 3 aliphatic rings. The van der Waals surface area contributed by atoms with Gasteiger partial charge in [0.2, 0.25) is 5.91 Å². The van der Waals surface area contributed by atoms with E-state index in [1.54, 1.807) is 11.2 Å². The van der Waals surface area contributed by atoms with Crippen molar-refractivity contribution in [3.63, 3.8) is 0 Å². The molecule has 3 atom stereocenters. The van der Waals surface area contributed by atoms with Gasteiger partial charge < -0.3 is 20.3 Å². The number of hydrogen-bond donors (Lipinski definition) is 2. The third-order valence-corrected chi connectivity index (χ3v) is 6.88. The van der Waals surface area contributed by atoms with E-state index in [9.17, 15) is 27.2 Å². The molecule has 12 heteroatoms. The molecule has 8 nitrogen and oxygen atoms in total. The number of amides is 1. The summed E-state index contributed by atoms with van der Waals surface area (Å²) >= 11 is 0. The zero-order valence-corrected chi connectivity index (χ0v) is 20.9. The summed E-state index contributed by atoms with van der Waals surface area (Å²) in [5.74, 6) is -3.00. The standard InChI is InChI=1S/C25H31F4N5O3/c1-14(2)30-12-17(16-4-5-20(18(26)11-16)37-25(27,28)29)24(36)34-8-6-33(7-9-34)23-21-15(3)10-19(35)22(21)31-13-32-23/h4-5,11,13-15,17,23,30H,6-10,12H2,1-3H3,(H,31,32)/t15-,17-,23?/m1/s1. The van der Waals surface area contributed by atoms with Gasteiger partial charge in [0.05, 0.1) is 18.0 Å². The average Bonchev–Trinajstić information content (AvgIpc) is 3.13. The lowest BCUT2D eigenvalue weighted by Gasteiger charge is -2.40. The van der Waals surface area contributed by atoms with Gasteiger partial charge in [0, 0.05) is 45.2 Å². The minimum Gasteiger partial charge on any atom is -0.403 e. The minimum absolute atomic E-state index is 0.0428. The Kier molecular flexibility index (Phi) is 7.88. The predicted molar refractivity (Wildman–Crippen MR) is 128 cm³/mol. The van der Waals surface area contributed by atoms with E-state index in [-0.39, 0.29) is 41.9 Å². The lowest BCUT2D eigenvalue weighted by atomic mass is 9.96. The highest BCUT2D eigenvalue weighted by atomic mass is 19.4. The van der Waals surface area contributed by atoms with E-state index in [1.165, 1.54) is 6.07 Å². The van der Waals surface area contributed by atoms with Crippen molar-refractivity contribution in [1.29, 1.82) is 0 Å². The number of carbonyl (C=O) groups excluding carboxylic acids is 2. The van der Waals surface area contributed by atoms with E-state index in [2.05, 4.69) is 25.3 Å². The summed E-state index contributed by atoms with van der Waals surface area (Å²) in [5, 5.41) is 6.15. The first-order valence-electron chi connectivity index (χ1n) is 12.3. The number of piperazine rings is 1. The molecule has 0 aromatic heterocycles. The number of benzene rings is 1. The molecule has 1 aliphatic carbocycles. The first-order valence-corrected chi connectivity index (χ1v) is 12.3. The molecule has 0 bridgehead atoms. The molecule has 1 aromatic carbocycles. The van der Waals surface area contributed by atoms with Crippen molar-refractivity contribution in [1.82, 2.24) is 20.4 Å². The molecule has 2 heterocycles. The normalized spacial score (nSPS) is 23.4. The molecule has 1 unspecified atom stereocenters. The van der Waals surface area contributed by atoms with Crippen molar-refractivity contribution in [2.45, 2.75) is 51.7 Å². The number of carbonyl (C=O) groups is 2. The number of aliphatic imine (C=N–C) groups is 1. The monoisotopic (exact) mass is 525 g/mol. The average molecular weight is 526 g/mol. The maximum atomic E-state index is 14.4. The molecule has 1 amide bonds. The molecule has 2 aliphatic heterocycles. The quantitative estimate of drug-likeness (QED) is 0.533. The Balaban J connectivity index is 1.47. The van der Waals surface area contributed by atoms with Gasteiger partial charge in [-0.05, 0) is 29.2 Å². The second kappa shape index (κ2) is 10.8. The van der Waals surface area contributed by atoms with Crippen LogP contribution in [-0.4, -0.2) is 79.1 Å². The number of Topliss-reactive ketones (excluding diaryl/α,β-unsaturated/α-hetero) is 1. The van der Waals surface area contributed by atoms with Crippen LogP contribution in [0.15, 0.2) is 34.5 Å². The van der Waals surface area contributed by atoms with Gasteiger partial charge >= 0.3 is 6.36 Å². The SMILES string of the molecule is CC(C)NC[C@@H](C(=O)N1CCN(C2N=CNC3=C2[C@H](C)CC3=O)CC1)c1ccc(OC(F)(F)F)c(F)c1. The van der Waals surface area contributed by atoms with Crippen LogP contribution in [0.5, 0.6) is 5.75 Å². The fourth-order valence-corrected chi connectivity index (χ4v) is 5.04. The number of hydrogen-bond acceptors (Lipinski definition) is 7. The number of halogens is 4. The van der Waals surface area contributed by atoms with Gasteiger partial charge in [-0.2, -0.15) is 0 Å². The maximum absolute atomic E-state index is 14.4. The van der Waals surface area contributed by atoms with Gasteiger partial charge in [0.15, 0.2) is 17.3 Å². The summed E-state index contributed by atoms with van der Waals surface area (Å²) in [6, 6.07) is 3.16. The summed E-state index contributed by atoms with van der Waals surface area (Å²) < 4.78 is 55.8. The second-order valence-electron chi connectivity index (χ2n) is 9.87. The van der Waals surface area contributed by atoms with Crippen LogP contribution in [0.2, 0.25) is 0 Å². The summed E-state index contributed by atoms with van der Waals surface area (Å²) in [5.41, 5.74) is 1.86. The number of nitrogens with one attached hydrogen (secondary N) is 2. The number of rotatable bonds is 7.